The summed E-state index contributed by atoms with van der Waals surface area (Å²) in [6.45, 7) is 4.11. The summed E-state index contributed by atoms with van der Waals surface area (Å²) in [6.07, 6.45) is 1.19. The molecule has 6 nitrogen and oxygen atoms in total. The standard InChI is InChI=1S/C25H25Cl2NO5S/c1-15(2)20-14-18(7-10-23(20)32-3)33-25-21(26)12-17(13-22(25)27)28-24(29)11-16-5-8-19(9-6-16)34(4,30)31/h5-10,12-15H,11H2,1-4H3,(H,28,29). The van der Waals surface area contributed by atoms with Crippen LogP contribution in [0.15, 0.2) is 59.5 Å². The van der Waals surface area contributed by atoms with Gasteiger partial charge in [-0.1, -0.05) is 49.2 Å². The summed E-state index contributed by atoms with van der Waals surface area (Å²) in [7, 11) is -1.67. The maximum absolute atomic E-state index is 12.5. The number of sulfone groups is 1. The number of amides is 1. The van der Waals surface area contributed by atoms with E-state index in [9.17, 15) is 13.2 Å². The first kappa shape index (κ1) is 25.9. The first-order valence-electron chi connectivity index (χ1n) is 10.4. The molecule has 0 saturated heterocycles. The molecule has 34 heavy (non-hydrogen) atoms. The van der Waals surface area contributed by atoms with Gasteiger partial charge in [-0.2, -0.15) is 0 Å². The van der Waals surface area contributed by atoms with Crippen molar-refractivity contribution >= 4 is 44.6 Å². The number of benzene rings is 3. The van der Waals surface area contributed by atoms with E-state index in [1.807, 2.05) is 12.1 Å². The van der Waals surface area contributed by atoms with Gasteiger partial charge >= 0.3 is 0 Å². The molecule has 0 radical (unpaired) electrons. The van der Waals surface area contributed by atoms with Gasteiger partial charge in [0.1, 0.15) is 11.5 Å². The number of hydrogen-bond acceptors (Lipinski definition) is 5. The molecular weight excluding hydrogens is 497 g/mol. The number of ether oxygens (including phenoxy) is 2. The maximum atomic E-state index is 12.5. The number of anilines is 1. The molecule has 3 aromatic rings. The molecule has 1 amide bonds. The Morgan fingerprint density at radius 3 is 2.15 bits per heavy atom. The molecule has 0 heterocycles. The summed E-state index contributed by atoms with van der Waals surface area (Å²) >= 11 is 12.8. The SMILES string of the molecule is COc1ccc(Oc2c(Cl)cc(NC(=O)Cc3ccc(S(C)(=O)=O)cc3)cc2Cl)cc1C(C)C. The average molecular weight is 522 g/mol. The summed E-state index contributed by atoms with van der Waals surface area (Å²) in [5.74, 6) is 1.53. The molecule has 0 unspecified atom stereocenters. The fraction of sp³-hybridized carbons (Fsp3) is 0.240. The lowest BCUT2D eigenvalue weighted by atomic mass is 10.0. The summed E-state index contributed by atoms with van der Waals surface area (Å²) in [6, 6.07) is 14.7. The van der Waals surface area contributed by atoms with Crippen LogP contribution in [0.4, 0.5) is 5.69 Å². The quantitative estimate of drug-likeness (QED) is 0.365. The van der Waals surface area contributed by atoms with Gasteiger partial charge < -0.3 is 14.8 Å². The molecule has 0 aliphatic rings. The van der Waals surface area contributed by atoms with Gasteiger partial charge in [0.15, 0.2) is 15.6 Å². The van der Waals surface area contributed by atoms with Crippen LogP contribution in [0.25, 0.3) is 0 Å². The molecular formula is C25H25Cl2NO5S. The van der Waals surface area contributed by atoms with E-state index in [1.165, 1.54) is 12.1 Å². The molecule has 9 heteroatoms. The van der Waals surface area contributed by atoms with Crippen LogP contribution in [0.2, 0.25) is 10.0 Å². The first-order chi connectivity index (χ1) is 16.0. The molecule has 0 aromatic heterocycles. The van der Waals surface area contributed by atoms with Gasteiger partial charge in [-0.05, 0) is 53.9 Å². The average Bonchev–Trinajstić information content (AvgIpc) is 2.75. The second-order valence-corrected chi connectivity index (χ2v) is 10.9. The monoisotopic (exact) mass is 521 g/mol. The largest absolute Gasteiger partial charge is 0.496 e. The van der Waals surface area contributed by atoms with Crippen LogP contribution in [-0.4, -0.2) is 27.7 Å². The molecule has 0 saturated carbocycles. The van der Waals surface area contributed by atoms with Crippen molar-refractivity contribution in [2.75, 3.05) is 18.7 Å². The van der Waals surface area contributed by atoms with Crippen LogP contribution in [-0.2, 0) is 21.1 Å². The maximum Gasteiger partial charge on any atom is 0.228 e. The third-order valence-corrected chi connectivity index (χ3v) is 6.73. The normalized spacial score (nSPS) is 11.4. The zero-order valence-electron chi connectivity index (χ0n) is 19.2. The number of hydrogen-bond donors (Lipinski definition) is 1. The Kier molecular flexibility index (Phi) is 8.13. The molecule has 0 atom stereocenters. The van der Waals surface area contributed by atoms with E-state index in [4.69, 9.17) is 32.7 Å². The highest BCUT2D eigenvalue weighted by molar-refractivity contribution is 7.90. The molecule has 0 aliphatic heterocycles. The number of halogens is 2. The number of nitrogens with one attached hydrogen (secondary N) is 1. The zero-order chi connectivity index (χ0) is 25.0. The predicted molar refractivity (Wildman–Crippen MR) is 136 cm³/mol. The van der Waals surface area contributed by atoms with Crippen molar-refractivity contribution < 1.29 is 22.7 Å². The minimum atomic E-state index is -3.29. The second-order valence-electron chi connectivity index (χ2n) is 8.07. The van der Waals surface area contributed by atoms with Gasteiger partial charge in [0.05, 0.1) is 28.5 Å². The van der Waals surface area contributed by atoms with E-state index in [2.05, 4.69) is 19.2 Å². The summed E-state index contributed by atoms with van der Waals surface area (Å²) < 4.78 is 34.5. The Balaban J connectivity index is 1.73. The van der Waals surface area contributed by atoms with Crippen molar-refractivity contribution in [1.82, 2.24) is 0 Å². The van der Waals surface area contributed by atoms with Crippen LogP contribution in [0, 0.1) is 0 Å². The van der Waals surface area contributed by atoms with Crippen molar-refractivity contribution in [2.24, 2.45) is 0 Å². The zero-order valence-corrected chi connectivity index (χ0v) is 21.5. The van der Waals surface area contributed by atoms with Crippen LogP contribution in [0.1, 0.15) is 30.9 Å². The molecule has 1 N–H and O–H groups in total. The number of rotatable bonds is 8. The highest BCUT2D eigenvalue weighted by Crippen LogP contribution is 2.40. The minimum absolute atomic E-state index is 0.0569. The van der Waals surface area contributed by atoms with Crippen LogP contribution in [0.5, 0.6) is 17.2 Å². The van der Waals surface area contributed by atoms with Crippen LogP contribution >= 0.6 is 23.2 Å². The van der Waals surface area contributed by atoms with Gasteiger partial charge in [-0.25, -0.2) is 8.42 Å². The van der Waals surface area contributed by atoms with Crippen molar-refractivity contribution in [2.45, 2.75) is 31.1 Å². The van der Waals surface area contributed by atoms with Gasteiger partial charge in [-0.15, -0.1) is 0 Å². The third-order valence-electron chi connectivity index (χ3n) is 5.04. The first-order valence-corrected chi connectivity index (χ1v) is 13.1. The summed E-state index contributed by atoms with van der Waals surface area (Å²) in [5, 5.41) is 3.23. The van der Waals surface area contributed by atoms with Crippen molar-refractivity contribution in [1.29, 1.82) is 0 Å². The molecule has 0 spiro atoms. The number of methoxy groups -OCH3 is 1. The molecule has 0 fully saturated rings. The molecule has 0 bridgehead atoms. The van der Waals surface area contributed by atoms with Crippen LogP contribution < -0.4 is 14.8 Å². The number of carbonyl (C=O) groups is 1. The lowest BCUT2D eigenvalue weighted by Gasteiger charge is -2.16. The lowest BCUT2D eigenvalue weighted by molar-refractivity contribution is -0.115. The third kappa shape index (κ3) is 6.44. The van der Waals surface area contributed by atoms with Gasteiger partial charge in [0.25, 0.3) is 0 Å². The molecule has 0 aliphatic carbocycles. The van der Waals surface area contributed by atoms with Crippen LogP contribution in [0.3, 0.4) is 0 Å². The molecule has 3 aromatic carbocycles. The van der Waals surface area contributed by atoms with E-state index in [-0.39, 0.29) is 38.9 Å². The number of carbonyl (C=O) groups excluding carboxylic acids is 1. The minimum Gasteiger partial charge on any atom is -0.496 e. The highest BCUT2D eigenvalue weighted by atomic mass is 35.5. The van der Waals surface area contributed by atoms with E-state index in [1.54, 1.807) is 37.4 Å². The molecule has 180 valence electrons. The smallest absolute Gasteiger partial charge is 0.228 e. The topological polar surface area (TPSA) is 81.7 Å². The van der Waals surface area contributed by atoms with Gasteiger partial charge in [-0.3, -0.25) is 4.79 Å². The molecule has 3 rings (SSSR count). The van der Waals surface area contributed by atoms with E-state index < -0.39 is 9.84 Å². The fourth-order valence-corrected chi connectivity index (χ4v) is 4.51. The Morgan fingerprint density at radius 2 is 1.62 bits per heavy atom. The second kappa shape index (κ2) is 10.7. The van der Waals surface area contributed by atoms with E-state index in [0.717, 1.165) is 17.6 Å². The van der Waals surface area contributed by atoms with Crippen molar-refractivity contribution in [3.8, 4) is 17.2 Å². The van der Waals surface area contributed by atoms with Crippen molar-refractivity contribution in [3.63, 3.8) is 0 Å². The van der Waals surface area contributed by atoms with E-state index in [0.29, 0.717) is 17.0 Å². The van der Waals surface area contributed by atoms with Crippen molar-refractivity contribution in [3.05, 3.63) is 75.8 Å². The lowest BCUT2D eigenvalue weighted by Crippen LogP contribution is -2.14. The summed E-state index contributed by atoms with van der Waals surface area (Å²) in [5.41, 5.74) is 2.07. The Morgan fingerprint density at radius 1 is 1.00 bits per heavy atom. The highest BCUT2D eigenvalue weighted by Gasteiger charge is 2.15. The fourth-order valence-electron chi connectivity index (χ4n) is 3.32. The predicted octanol–water partition coefficient (Wildman–Crippen LogP) is 6.50. The van der Waals surface area contributed by atoms with Gasteiger partial charge in [0, 0.05) is 17.5 Å². The Hall–Kier alpha value is -2.74. The Bertz CT molecular complexity index is 1280. The summed E-state index contributed by atoms with van der Waals surface area (Å²) in [4.78, 5) is 12.7. The van der Waals surface area contributed by atoms with E-state index >= 15 is 0 Å². The Labute approximate surface area is 209 Å². The van der Waals surface area contributed by atoms with Gasteiger partial charge in [0.2, 0.25) is 5.91 Å².